The standard InChI is InChI=1S/C12H16ClFN2O/c1-12(2,3)10(15)11(17)16-9-5-4-7(14)6-8(9)13/h4-6,10H,15H2,1-3H3,(H,16,17)/t10-/m1/s1. The van der Waals surface area contributed by atoms with Crippen molar-refractivity contribution in [2.75, 3.05) is 5.32 Å². The molecular formula is C12H16ClFN2O. The van der Waals surface area contributed by atoms with E-state index < -0.39 is 11.9 Å². The van der Waals surface area contributed by atoms with Gasteiger partial charge in [-0.05, 0) is 23.6 Å². The number of rotatable bonds is 2. The zero-order valence-electron chi connectivity index (χ0n) is 10.1. The van der Waals surface area contributed by atoms with Crippen LogP contribution in [0.3, 0.4) is 0 Å². The number of hydrogen-bond acceptors (Lipinski definition) is 2. The molecule has 0 radical (unpaired) electrons. The van der Waals surface area contributed by atoms with Gasteiger partial charge in [-0.25, -0.2) is 4.39 Å². The molecule has 0 aliphatic carbocycles. The summed E-state index contributed by atoms with van der Waals surface area (Å²) in [5.74, 6) is -0.792. The summed E-state index contributed by atoms with van der Waals surface area (Å²) in [6.07, 6.45) is 0. The van der Waals surface area contributed by atoms with E-state index in [1.54, 1.807) is 0 Å². The second-order valence-electron chi connectivity index (χ2n) is 4.96. The van der Waals surface area contributed by atoms with E-state index in [-0.39, 0.29) is 16.3 Å². The SMILES string of the molecule is CC(C)(C)[C@H](N)C(=O)Nc1ccc(F)cc1Cl. The van der Waals surface area contributed by atoms with Crippen LogP contribution >= 0.6 is 11.6 Å². The number of hydrogen-bond donors (Lipinski definition) is 2. The van der Waals surface area contributed by atoms with Gasteiger partial charge in [0.15, 0.2) is 0 Å². The predicted octanol–water partition coefficient (Wildman–Crippen LogP) is 2.79. The molecule has 17 heavy (non-hydrogen) atoms. The Morgan fingerprint density at radius 1 is 1.47 bits per heavy atom. The van der Waals surface area contributed by atoms with Crippen LogP contribution in [-0.4, -0.2) is 11.9 Å². The maximum atomic E-state index is 12.8. The highest BCUT2D eigenvalue weighted by atomic mass is 35.5. The van der Waals surface area contributed by atoms with Crippen LogP contribution in [0.1, 0.15) is 20.8 Å². The lowest BCUT2D eigenvalue weighted by Gasteiger charge is -2.25. The van der Waals surface area contributed by atoms with Crippen molar-refractivity contribution >= 4 is 23.2 Å². The number of amides is 1. The van der Waals surface area contributed by atoms with Crippen LogP contribution in [0.15, 0.2) is 18.2 Å². The molecule has 0 spiro atoms. The minimum absolute atomic E-state index is 0.152. The first kappa shape index (κ1) is 13.9. The van der Waals surface area contributed by atoms with Gasteiger partial charge in [0, 0.05) is 0 Å². The molecule has 0 aromatic heterocycles. The van der Waals surface area contributed by atoms with Crippen molar-refractivity contribution in [2.24, 2.45) is 11.1 Å². The first-order chi connectivity index (χ1) is 7.71. The van der Waals surface area contributed by atoms with Gasteiger partial charge in [-0.3, -0.25) is 4.79 Å². The van der Waals surface area contributed by atoms with E-state index in [2.05, 4.69) is 5.32 Å². The summed E-state index contributed by atoms with van der Waals surface area (Å²) in [7, 11) is 0. The molecule has 0 aliphatic rings. The van der Waals surface area contributed by atoms with Gasteiger partial charge in [-0.15, -0.1) is 0 Å². The molecule has 0 bridgehead atoms. The fourth-order valence-electron chi connectivity index (χ4n) is 1.19. The fourth-order valence-corrected chi connectivity index (χ4v) is 1.41. The summed E-state index contributed by atoms with van der Waals surface area (Å²) in [5.41, 5.74) is 5.80. The molecule has 1 aromatic rings. The van der Waals surface area contributed by atoms with Crippen LogP contribution in [0, 0.1) is 11.2 Å². The normalized spacial score (nSPS) is 13.3. The van der Waals surface area contributed by atoms with Crippen LogP contribution in [-0.2, 0) is 4.79 Å². The molecule has 3 nitrogen and oxygen atoms in total. The highest BCUT2D eigenvalue weighted by molar-refractivity contribution is 6.33. The van der Waals surface area contributed by atoms with Crippen molar-refractivity contribution in [1.29, 1.82) is 0 Å². The Balaban J connectivity index is 2.82. The summed E-state index contributed by atoms with van der Waals surface area (Å²) >= 11 is 5.80. The van der Waals surface area contributed by atoms with Crippen LogP contribution in [0.2, 0.25) is 5.02 Å². The van der Waals surface area contributed by atoms with E-state index in [4.69, 9.17) is 17.3 Å². The minimum atomic E-state index is -0.663. The van der Waals surface area contributed by atoms with Crippen molar-refractivity contribution < 1.29 is 9.18 Å². The largest absolute Gasteiger partial charge is 0.323 e. The third kappa shape index (κ3) is 3.68. The molecule has 1 atom stereocenters. The molecule has 1 amide bonds. The Bertz CT molecular complexity index is 429. The van der Waals surface area contributed by atoms with Gasteiger partial charge in [-0.2, -0.15) is 0 Å². The number of carbonyl (C=O) groups excluding carboxylic acids is 1. The average molecular weight is 259 g/mol. The number of benzene rings is 1. The van der Waals surface area contributed by atoms with E-state index in [0.717, 1.165) is 6.07 Å². The summed E-state index contributed by atoms with van der Waals surface area (Å²) in [6.45, 7) is 5.59. The van der Waals surface area contributed by atoms with Gasteiger partial charge in [0.25, 0.3) is 0 Å². The molecule has 0 heterocycles. The van der Waals surface area contributed by atoms with Crippen LogP contribution in [0.25, 0.3) is 0 Å². The van der Waals surface area contributed by atoms with Gasteiger partial charge < -0.3 is 11.1 Å². The molecule has 5 heteroatoms. The van der Waals surface area contributed by atoms with Crippen molar-refractivity contribution in [3.8, 4) is 0 Å². The molecular weight excluding hydrogens is 243 g/mol. The highest BCUT2D eigenvalue weighted by Crippen LogP contribution is 2.24. The van der Waals surface area contributed by atoms with E-state index in [1.165, 1.54) is 12.1 Å². The fraction of sp³-hybridized carbons (Fsp3) is 0.417. The maximum Gasteiger partial charge on any atom is 0.241 e. The number of anilines is 1. The first-order valence-electron chi connectivity index (χ1n) is 5.23. The molecule has 1 rings (SSSR count). The monoisotopic (exact) mass is 258 g/mol. The van der Waals surface area contributed by atoms with Gasteiger partial charge >= 0.3 is 0 Å². The quantitative estimate of drug-likeness (QED) is 0.857. The number of nitrogens with two attached hydrogens (primary N) is 1. The Labute approximate surface area is 105 Å². The lowest BCUT2D eigenvalue weighted by atomic mass is 9.87. The Morgan fingerprint density at radius 2 is 2.06 bits per heavy atom. The maximum absolute atomic E-state index is 12.8. The second-order valence-corrected chi connectivity index (χ2v) is 5.36. The zero-order chi connectivity index (χ0) is 13.2. The summed E-state index contributed by atoms with van der Waals surface area (Å²) in [5, 5.41) is 2.73. The smallest absolute Gasteiger partial charge is 0.241 e. The summed E-state index contributed by atoms with van der Waals surface area (Å²) < 4.78 is 12.8. The molecule has 0 saturated carbocycles. The number of carbonyl (C=O) groups is 1. The van der Waals surface area contributed by atoms with Crippen molar-refractivity contribution in [3.05, 3.63) is 29.0 Å². The first-order valence-corrected chi connectivity index (χ1v) is 5.61. The van der Waals surface area contributed by atoms with Crippen LogP contribution in [0.4, 0.5) is 10.1 Å². The van der Waals surface area contributed by atoms with Gasteiger partial charge in [0.1, 0.15) is 5.82 Å². The lowest BCUT2D eigenvalue weighted by molar-refractivity contribution is -0.119. The molecule has 1 aromatic carbocycles. The van der Waals surface area contributed by atoms with E-state index in [0.29, 0.717) is 5.69 Å². The molecule has 0 aliphatic heterocycles. The van der Waals surface area contributed by atoms with Crippen LogP contribution in [0.5, 0.6) is 0 Å². The van der Waals surface area contributed by atoms with Crippen LogP contribution < -0.4 is 11.1 Å². The Hall–Kier alpha value is -1.13. The second kappa shape index (κ2) is 5.02. The summed E-state index contributed by atoms with van der Waals surface area (Å²) in [6, 6.07) is 3.11. The van der Waals surface area contributed by atoms with Gasteiger partial charge in [-0.1, -0.05) is 32.4 Å². The van der Waals surface area contributed by atoms with E-state index >= 15 is 0 Å². The third-order valence-corrected chi connectivity index (χ3v) is 2.72. The van der Waals surface area contributed by atoms with Crippen molar-refractivity contribution in [3.63, 3.8) is 0 Å². The molecule has 94 valence electrons. The highest BCUT2D eigenvalue weighted by Gasteiger charge is 2.27. The van der Waals surface area contributed by atoms with E-state index in [1.807, 2.05) is 20.8 Å². The van der Waals surface area contributed by atoms with E-state index in [9.17, 15) is 9.18 Å². The molecule has 0 fully saturated rings. The molecule has 0 unspecified atom stereocenters. The lowest BCUT2D eigenvalue weighted by Crippen LogP contribution is -2.45. The minimum Gasteiger partial charge on any atom is -0.323 e. The Morgan fingerprint density at radius 3 is 2.53 bits per heavy atom. The van der Waals surface area contributed by atoms with Crippen molar-refractivity contribution in [1.82, 2.24) is 0 Å². The number of nitrogens with one attached hydrogen (secondary N) is 1. The average Bonchev–Trinajstić information content (AvgIpc) is 2.19. The number of halogens is 2. The predicted molar refractivity (Wildman–Crippen MR) is 67.5 cm³/mol. The Kier molecular flexibility index (Phi) is 4.11. The topological polar surface area (TPSA) is 55.1 Å². The van der Waals surface area contributed by atoms with Gasteiger partial charge in [0.05, 0.1) is 16.8 Å². The molecule has 3 N–H and O–H groups in total. The third-order valence-electron chi connectivity index (χ3n) is 2.40. The zero-order valence-corrected chi connectivity index (χ0v) is 10.8. The van der Waals surface area contributed by atoms with Crippen molar-refractivity contribution in [2.45, 2.75) is 26.8 Å². The summed E-state index contributed by atoms with van der Waals surface area (Å²) in [4.78, 5) is 11.8. The van der Waals surface area contributed by atoms with Gasteiger partial charge in [0.2, 0.25) is 5.91 Å². The molecule has 0 saturated heterocycles.